The van der Waals surface area contributed by atoms with Gasteiger partial charge in [0.1, 0.15) is 0 Å². The molecule has 4 aromatic rings. The van der Waals surface area contributed by atoms with Crippen molar-refractivity contribution in [2.75, 3.05) is 23.4 Å². The van der Waals surface area contributed by atoms with Crippen LogP contribution in [0.4, 0.5) is 15.5 Å². The summed E-state index contributed by atoms with van der Waals surface area (Å²) in [6, 6.07) is 22.3. The number of aryl methyl sites for hydroxylation is 1. The van der Waals surface area contributed by atoms with Gasteiger partial charge in [0.2, 0.25) is 14.3 Å². The lowest BCUT2D eigenvalue weighted by Gasteiger charge is -2.31. The minimum Gasteiger partial charge on any atom is -0.395 e. The van der Waals surface area contributed by atoms with Gasteiger partial charge in [-0.2, -0.15) is 0 Å². The van der Waals surface area contributed by atoms with Crippen molar-refractivity contribution in [3.05, 3.63) is 106 Å². The van der Waals surface area contributed by atoms with Crippen molar-refractivity contribution in [3.8, 4) is 0 Å². The van der Waals surface area contributed by atoms with Crippen molar-refractivity contribution in [3.63, 3.8) is 0 Å². The standard InChI is InChI=1S/C38H44ClFN6O4Si/c1-24-35(51(2,3)40)34(16-18-45-22-32(43-44-45)29(23-47)26-10-5-4-6-11-26)50-38(24)30-20-27(39)14-15-33(30)46(37(38)49)21-25-9-7-12-28(19-25)42-36(48)31-13-8-17-41-31/h4-7,9-12,14-15,19-20,22,24,29,31,34-35,41,47H,8,13,16-18,21,23H2,1-3H3,(H,42,48)/t24-,29?,31+,34+,35-,38+/m0/s1. The number of hydrogen-bond donors (Lipinski definition) is 3. The van der Waals surface area contributed by atoms with Crippen LogP contribution in [0.5, 0.6) is 0 Å². The number of aliphatic hydroxyl groups excluding tert-OH is 1. The predicted molar refractivity (Wildman–Crippen MR) is 197 cm³/mol. The number of nitrogens with one attached hydrogen (secondary N) is 2. The summed E-state index contributed by atoms with van der Waals surface area (Å²) < 4.78 is 25.0. The molecule has 3 aromatic carbocycles. The van der Waals surface area contributed by atoms with Gasteiger partial charge in [-0.3, -0.25) is 14.3 Å². The second-order valence-corrected chi connectivity index (χ2v) is 18.7. The Morgan fingerprint density at radius 1 is 1.18 bits per heavy atom. The van der Waals surface area contributed by atoms with E-state index < -0.39 is 31.6 Å². The highest BCUT2D eigenvalue weighted by molar-refractivity contribution is 6.72. The maximum atomic E-state index is 16.4. The van der Waals surface area contributed by atoms with Gasteiger partial charge in [-0.25, -0.2) is 0 Å². The molecule has 1 aromatic heterocycles. The Hall–Kier alpha value is -3.94. The minimum atomic E-state index is -3.39. The van der Waals surface area contributed by atoms with E-state index in [9.17, 15) is 14.7 Å². The van der Waals surface area contributed by atoms with Crippen LogP contribution in [-0.4, -0.2) is 65.6 Å². The molecule has 10 nitrogen and oxygen atoms in total. The highest BCUT2D eigenvalue weighted by atomic mass is 35.5. The van der Waals surface area contributed by atoms with Gasteiger partial charge in [0.15, 0.2) is 5.60 Å². The molecule has 13 heteroatoms. The summed E-state index contributed by atoms with van der Waals surface area (Å²) in [4.78, 5) is 29.3. The fourth-order valence-electron chi connectivity index (χ4n) is 8.41. The summed E-state index contributed by atoms with van der Waals surface area (Å²) in [5, 5.41) is 25.5. The minimum absolute atomic E-state index is 0.0735. The van der Waals surface area contributed by atoms with E-state index in [0.29, 0.717) is 40.6 Å². The monoisotopic (exact) mass is 730 g/mol. The number of rotatable bonds is 11. The second-order valence-electron chi connectivity index (χ2n) is 14.5. The van der Waals surface area contributed by atoms with Gasteiger partial charge in [-0.15, -0.1) is 5.10 Å². The molecular weight excluding hydrogens is 687 g/mol. The lowest BCUT2D eigenvalue weighted by atomic mass is 9.82. The quantitative estimate of drug-likeness (QED) is 0.125. The Morgan fingerprint density at radius 2 is 1.98 bits per heavy atom. The molecule has 3 aliphatic heterocycles. The van der Waals surface area contributed by atoms with Gasteiger partial charge >= 0.3 is 0 Å². The molecule has 7 rings (SSSR count). The molecule has 0 aliphatic carbocycles. The van der Waals surface area contributed by atoms with Crippen LogP contribution < -0.4 is 15.5 Å². The van der Waals surface area contributed by atoms with Crippen molar-refractivity contribution >= 4 is 43.2 Å². The predicted octanol–water partition coefficient (Wildman–Crippen LogP) is 6.16. The van der Waals surface area contributed by atoms with E-state index >= 15 is 4.11 Å². The number of nitrogens with zero attached hydrogens (tertiary/aromatic N) is 4. The molecule has 3 N–H and O–H groups in total. The number of carbonyl (C=O) groups is 2. The van der Waals surface area contributed by atoms with Crippen molar-refractivity contribution < 1.29 is 23.5 Å². The third-order valence-electron chi connectivity index (χ3n) is 10.8. The van der Waals surface area contributed by atoms with Gasteiger partial charge in [-0.1, -0.05) is 66.2 Å². The van der Waals surface area contributed by atoms with E-state index in [4.69, 9.17) is 16.3 Å². The molecule has 0 saturated carbocycles. The van der Waals surface area contributed by atoms with Crippen molar-refractivity contribution in [2.45, 2.75) is 81.6 Å². The number of hydrogen-bond acceptors (Lipinski definition) is 7. The first kappa shape index (κ1) is 35.5. The summed E-state index contributed by atoms with van der Waals surface area (Å²) in [6.07, 6.45) is 3.42. The smallest absolute Gasteiger partial charge is 0.264 e. The number of halogens is 2. The van der Waals surface area contributed by atoms with Gasteiger partial charge in [-0.05, 0) is 80.4 Å². The largest absolute Gasteiger partial charge is 0.395 e. The molecule has 0 radical (unpaired) electrons. The molecule has 2 amide bonds. The summed E-state index contributed by atoms with van der Waals surface area (Å²) in [5.41, 5.74) is 2.47. The summed E-state index contributed by atoms with van der Waals surface area (Å²) in [5.74, 6) is -1.12. The molecule has 51 heavy (non-hydrogen) atoms. The van der Waals surface area contributed by atoms with E-state index in [1.165, 1.54) is 0 Å². The Balaban J connectivity index is 1.14. The molecule has 3 aliphatic rings. The Labute approximate surface area is 303 Å². The van der Waals surface area contributed by atoms with E-state index in [1.54, 1.807) is 34.8 Å². The Morgan fingerprint density at radius 3 is 2.71 bits per heavy atom. The lowest BCUT2D eigenvalue weighted by Crippen LogP contribution is -2.45. The van der Waals surface area contributed by atoms with E-state index in [-0.39, 0.29) is 36.9 Å². The molecule has 268 valence electrons. The van der Waals surface area contributed by atoms with Crippen LogP contribution in [-0.2, 0) is 33.0 Å². The Bertz CT molecular complexity index is 1900. The van der Waals surface area contributed by atoms with Crippen LogP contribution in [0.25, 0.3) is 0 Å². The van der Waals surface area contributed by atoms with Crippen LogP contribution >= 0.6 is 11.6 Å². The topological polar surface area (TPSA) is 122 Å². The molecule has 4 heterocycles. The first-order valence-corrected chi connectivity index (χ1v) is 21.0. The van der Waals surface area contributed by atoms with Crippen molar-refractivity contribution in [1.29, 1.82) is 0 Å². The fraction of sp³-hybridized carbons (Fsp3) is 0.421. The zero-order chi connectivity index (χ0) is 35.9. The number of aromatic nitrogens is 3. The van der Waals surface area contributed by atoms with Gasteiger partial charge in [0.25, 0.3) is 5.91 Å². The van der Waals surface area contributed by atoms with E-state index in [1.807, 2.05) is 73.8 Å². The fourth-order valence-corrected chi connectivity index (χ4v) is 11.1. The normalized spacial score (nSPS) is 25.1. The second kappa shape index (κ2) is 14.2. The zero-order valence-electron chi connectivity index (χ0n) is 29.1. The lowest BCUT2D eigenvalue weighted by molar-refractivity contribution is -0.146. The van der Waals surface area contributed by atoms with E-state index in [2.05, 4.69) is 20.9 Å². The maximum absolute atomic E-state index is 16.4. The SMILES string of the molecule is C[C@H]1[C@H]([Si](C)(C)F)[C@@H](CCn2cc(C(CO)c3ccccc3)nn2)O[C@]12C(=O)N(Cc1cccc(NC(=O)[C@H]3CCCN3)c1)c1ccc(Cl)cc12. The maximum Gasteiger partial charge on any atom is 0.264 e. The number of amides is 2. The first-order chi connectivity index (χ1) is 24.5. The molecule has 0 bridgehead atoms. The van der Waals surface area contributed by atoms with Gasteiger partial charge in [0, 0.05) is 40.5 Å². The third kappa shape index (κ3) is 6.75. The van der Waals surface area contributed by atoms with Crippen LogP contribution in [0.15, 0.2) is 79.0 Å². The van der Waals surface area contributed by atoms with Crippen molar-refractivity contribution in [1.82, 2.24) is 20.3 Å². The highest BCUT2D eigenvalue weighted by Gasteiger charge is 2.66. The summed E-state index contributed by atoms with van der Waals surface area (Å²) in [7, 11) is -3.39. The average molecular weight is 731 g/mol. The first-order valence-electron chi connectivity index (χ1n) is 17.7. The number of ether oxygens (including phenoxy) is 1. The van der Waals surface area contributed by atoms with Crippen LogP contribution in [0.3, 0.4) is 0 Å². The zero-order valence-corrected chi connectivity index (χ0v) is 30.8. The number of anilines is 2. The van der Waals surface area contributed by atoms with Crippen LogP contribution in [0.1, 0.15) is 54.5 Å². The number of carbonyl (C=O) groups excluding carboxylic acids is 2. The van der Waals surface area contributed by atoms with Crippen LogP contribution in [0, 0.1) is 5.92 Å². The Kier molecular flexibility index (Phi) is 9.89. The van der Waals surface area contributed by atoms with Crippen LogP contribution in [0.2, 0.25) is 23.7 Å². The molecule has 1 unspecified atom stereocenters. The molecule has 2 fully saturated rings. The summed E-state index contributed by atoms with van der Waals surface area (Å²) in [6.45, 7) is 6.62. The molecule has 6 atom stereocenters. The third-order valence-corrected chi connectivity index (χ3v) is 13.5. The molecule has 1 spiro atoms. The highest BCUT2D eigenvalue weighted by Crippen LogP contribution is 2.60. The van der Waals surface area contributed by atoms with Gasteiger partial charge in [0.05, 0.1) is 42.6 Å². The number of aliphatic hydroxyl groups is 1. The average Bonchev–Trinajstić information content (AvgIpc) is 3.90. The number of fused-ring (bicyclic) bond motifs is 2. The van der Waals surface area contributed by atoms with Gasteiger partial charge < -0.3 is 29.5 Å². The summed E-state index contributed by atoms with van der Waals surface area (Å²) >= 11 is 6.57. The molecule has 2 saturated heterocycles. The molecular formula is C38H44ClFN6O4Si. The van der Waals surface area contributed by atoms with Crippen molar-refractivity contribution in [2.24, 2.45) is 5.92 Å². The van der Waals surface area contributed by atoms with E-state index in [0.717, 1.165) is 30.5 Å². The number of benzene rings is 3.